The number of aromatic nitrogens is 1. The lowest BCUT2D eigenvalue weighted by molar-refractivity contribution is -0.135. The van der Waals surface area contributed by atoms with Crippen molar-refractivity contribution in [3.63, 3.8) is 0 Å². The van der Waals surface area contributed by atoms with Crippen molar-refractivity contribution in [2.24, 2.45) is 0 Å². The van der Waals surface area contributed by atoms with E-state index in [1.807, 2.05) is 36.2 Å². The summed E-state index contributed by atoms with van der Waals surface area (Å²) in [5, 5.41) is 0. The molecule has 2 aromatic rings. The van der Waals surface area contributed by atoms with Gasteiger partial charge in [0, 0.05) is 25.5 Å². The molecule has 24 heavy (non-hydrogen) atoms. The fourth-order valence-corrected chi connectivity index (χ4v) is 3.36. The van der Waals surface area contributed by atoms with Crippen LogP contribution in [0.3, 0.4) is 0 Å². The molecule has 0 spiro atoms. The maximum Gasteiger partial charge on any atom is 0.237 e. The molecule has 0 aliphatic carbocycles. The summed E-state index contributed by atoms with van der Waals surface area (Å²) in [6.45, 7) is 1.97. The van der Waals surface area contributed by atoms with Gasteiger partial charge in [0.2, 0.25) is 5.91 Å². The second-order valence-corrected chi connectivity index (χ2v) is 6.50. The van der Waals surface area contributed by atoms with Crippen molar-refractivity contribution in [2.45, 2.75) is 38.3 Å². The van der Waals surface area contributed by atoms with E-state index in [0.29, 0.717) is 6.54 Å². The molecule has 128 valence electrons. The van der Waals surface area contributed by atoms with E-state index in [4.69, 9.17) is 4.42 Å². The predicted octanol–water partition coefficient (Wildman–Crippen LogP) is 3.25. The molecule has 1 fully saturated rings. The summed E-state index contributed by atoms with van der Waals surface area (Å²) in [7, 11) is 1.98. The standard InChI is InChI=1S/C19H25N3O2/c1-21(14-16-8-10-20-11-9-16)15-19(23)22-12-4-2-3-6-17(22)18-7-5-13-24-18/h5,7-11,13,17H,2-4,6,12,14-15H2,1H3/t17-/m0/s1. The predicted molar refractivity (Wildman–Crippen MR) is 92.2 cm³/mol. The van der Waals surface area contributed by atoms with Crippen LogP contribution in [0.15, 0.2) is 47.3 Å². The normalized spacial score (nSPS) is 18.6. The van der Waals surface area contributed by atoms with E-state index >= 15 is 0 Å². The largest absolute Gasteiger partial charge is 0.467 e. The summed E-state index contributed by atoms with van der Waals surface area (Å²) in [6.07, 6.45) is 9.62. The van der Waals surface area contributed by atoms with Gasteiger partial charge in [0.25, 0.3) is 0 Å². The van der Waals surface area contributed by atoms with Crippen LogP contribution in [0, 0.1) is 0 Å². The topological polar surface area (TPSA) is 49.6 Å². The molecule has 2 aromatic heterocycles. The summed E-state index contributed by atoms with van der Waals surface area (Å²) in [4.78, 5) is 21.0. The van der Waals surface area contributed by atoms with Crippen LogP contribution < -0.4 is 0 Å². The maximum absolute atomic E-state index is 12.9. The van der Waals surface area contributed by atoms with Crippen molar-refractivity contribution >= 4 is 5.91 Å². The Labute approximate surface area is 143 Å². The molecule has 0 N–H and O–H groups in total. The summed E-state index contributed by atoms with van der Waals surface area (Å²) < 4.78 is 5.60. The SMILES string of the molecule is CN(CC(=O)N1CCCCC[C@H]1c1ccco1)Cc1ccncc1. The molecule has 1 aliphatic heterocycles. The van der Waals surface area contributed by atoms with Crippen LogP contribution in [0.25, 0.3) is 0 Å². The van der Waals surface area contributed by atoms with Gasteiger partial charge >= 0.3 is 0 Å². The van der Waals surface area contributed by atoms with Crippen molar-refractivity contribution in [1.82, 2.24) is 14.8 Å². The lowest BCUT2D eigenvalue weighted by atomic mass is 10.1. The number of likely N-dealkylation sites (tertiary alicyclic amines) is 1. The average molecular weight is 327 g/mol. The molecule has 1 atom stereocenters. The molecule has 0 radical (unpaired) electrons. The van der Waals surface area contributed by atoms with E-state index in [1.54, 1.807) is 18.7 Å². The van der Waals surface area contributed by atoms with Crippen molar-refractivity contribution in [3.05, 3.63) is 54.2 Å². The Morgan fingerprint density at radius 2 is 2.12 bits per heavy atom. The van der Waals surface area contributed by atoms with Gasteiger partial charge in [-0.3, -0.25) is 14.7 Å². The van der Waals surface area contributed by atoms with Crippen LogP contribution in [-0.4, -0.2) is 40.8 Å². The van der Waals surface area contributed by atoms with Gasteiger partial charge in [0.15, 0.2) is 0 Å². The summed E-state index contributed by atoms with van der Waals surface area (Å²) in [6, 6.07) is 7.93. The number of amides is 1. The van der Waals surface area contributed by atoms with Crippen LogP contribution in [0.2, 0.25) is 0 Å². The number of furan rings is 1. The van der Waals surface area contributed by atoms with E-state index in [-0.39, 0.29) is 11.9 Å². The lowest BCUT2D eigenvalue weighted by Gasteiger charge is -2.30. The zero-order chi connectivity index (χ0) is 16.8. The number of rotatable bonds is 5. The molecule has 3 heterocycles. The third kappa shape index (κ3) is 4.23. The number of carbonyl (C=O) groups excluding carboxylic acids is 1. The first-order chi connectivity index (χ1) is 11.7. The molecule has 3 rings (SSSR count). The highest BCUT2D eigenvalue weighted by Crippen LogP contribution is 2.30. The van der Waals surface area contributed by atoms with Crippen LogP contribution in [0.5, 0.6) is 0 Å². The second kappa shape index (κ2) is 8.11. The molecule has 1 amide bonds. The number of nitrogens with zero attached hydrogens (tertiary/aromatic N) is 3. The van der Waals surface area contributed by atoms with E-state index in [2.05, 4.69) is 9.88 Å². The highest BCUT2D eigenvalue weighted by atomic mass is 16.3. The van der Waals surface area contributed by atoms with Crippen LogP contribution in [0.4, 0.5) is 0 Å². The summed E-state index contributed by atoms with van der Waals surface area (Å²) in [5.74, 6) is 1.08. The van der Waals surface area contributed by atoms with E-state index in [0.717, 1.165) is 38.1 Å². The van der Waals surface area contributed by atoms with Gasteiger partial charge < -0.3 is 9.32 Å². The highest BCUT2D eigenvalue weighted by Gasteiger charge is 2.28. The van der Waals surface area contributed by atoms with Gasteiger partial charge in [0.1, 0.15) is 5.76 Å². The Balaban J connectivity index is 1.65. The van der Waals surface area contributed by atoms with E-state index in [1.165, 1.54) is 12.0 Å². The first kappa shape index (κ1) is 16.7. The fourth-order valence-electron chi connectivity index (χ4n) is 3.36. The Morgan fingerprint density at radius 1 is 1.29 bits per heavy atom. The number of pyridine rings is 1. The van der Waals surface area contributed by atoms with Crippen LogP contribution in [0.1, 0.15) is 43.0 Å². The second-order valence-electron chi connectivity index (χ2n) is 6.50. The van der Waals surface area contributed by atoms with Gasteiger partial charge in [-0.25, -0.2) is 0 Å². The smallest absolute Gasteiger partial charge is 0.237 e. The van der Waals surface area contributed by atoms with Crippen molar-refractivity contribution < 1.29 is 9.21 Å². The average Bonchev–Trinajstić information content (AvgIpc) is 2.99. The van der Waals surface area contributed by atoms with Gasteiger partial charge in [-0.15, -0.1) is 0 Å². The van der Waals surface area contributed by atoms with E-state index in [9.17, 15) is 4.79 Å². The Kier molecular flexibility index (Phi) is 5.64. The monoisotopic (exact) mass is 327 g/mol. The molecule has 0 bridgehead atoms. The minimum atomic E-state index is 0.0734. The van der Waals surface area contributed by atoms with E-state index < -0.39 is 0 Å². The van der Waals surface area contributed by atoms with Gasteiger partial charge in [-0.05, 0) is 49.7 Å². The summed E-state index contributed by atoms with van der Waals surface area (Å²) >= 11 is 0. The highest BCUT2D eigenvalue weighted by molar-refractivity contribution is 5.78. The fraction of sp³-hybridized carbons (Fsp3) is 0.474. The van der Waals surface area contributed by atoms with Gasteiger partial charge in [0.05, 0.1) is 18.8 Å². The number of likely N-dealkylation sites (N-methyl/N-ethyl adjacent to an activating group) is 1. The van der Waals surface area contributed by atoms with Crippen molar-refractivity contribution in [3.8, 4) is 0 Å². The molecule has 5 nitrogen and oxygen atoms in total. The molecular weight excluding hydrogens is 302 g/mol. The number of hydrogen-bond acceptors (Lipinski definition) is 4. The molecule has 0 unspecified atom stereocenters. The first-order valence-corrected chi connectivity index (χ1v) is 8.64. The minimum Gasteiger partial charge on any atom is -0.467 e. The van der Waals surface area contributed by atoms with Crippen molar-refractivity contribution in [2.75, 3.05) is 20.1 Å². The third-order valence-corrected chi connectivity index (χ3v) is 4.55. The van der Waals surface area contributed by atoms with Gasteiger partial charge in [-0.1, -0.05) is 12.8 Å². The third-order valence-electron chi connectivity index (χ3n) is 4.55. The Hall–Kier alpha value is -2.14. The quantitative estimate of drug-likeness (QED) is 0.846. The summed E-state index contributed by atoms with van der Waals surface area (Å²) in [5.41, 5.74) is 1.17. The molecule has 0 aromatic carbocycles. The Morgan fingerprint density at radius 3 is 2.88 bits per heavy atom. The molecule has 0 saturated carbocycles. The molecule has 5 heteroatoms. The number of carbonyl (C=O) groups is 1. The number of hydrogen-bond donors (Lipinski definition) is 0. The first-order valence-electron chi connectivity index (χ1n) is 8.64. The Bertz CT molecular complexity index is 627. The zero-order valence-corrected chi connectivity index (χ0v) is 14.2. The van der Waals surface area contributed by atoms with Crippen LogP contribution in [-0.2, 0) is 11.3 Å². The maximum atomic E-state index is 12.9. The van der Waals surface area contributed by atoms with Crippen molar-refractivity contribution in [1.29, 1.82) is 0 Å². The van der Waals surface area contributed by atoms with Crippen LogP contribution >= 0.6 is 0 Å². The molecular formula is C19H25N3O2. The minimum absolute atomic E-state index is 0.0734. The lowest BCUT2D eigenvalue weighted by Crippen LogP contribution is -2.40. The molecule has 1 aliphatic rings. The zero-order valence-electron chi connectivity index (χ0n) is 14.2. The molecule has 1 saturated heterocycles. The van der Waals surface area contributed by atoms with Gasteiger partial charge in [-0.2, -0.15) is 0 Å².